The number of nitrogens with zero attached hydrogens (tertiary/aromatic N) is 4. The maximum atomic E-state index is 14.4. The van der Waals surface area contributed by atoms with E-state index in [2.05, 4.69) is 10.3 Å². The quantitative estimate of drug-likeness (QED) is 0.240. The van der Waals surface area contributed by atoms with Crippen molar-refractivity contribution in [2.45, 2.75) is 13.5 Å². The van der Waals surface area contributed by atoms with Gasteiger partial charge in [-0.3, -0.25) is 18.9 Å². The Morgan fingerprint density at radius 2 is 1.59 bits per heavy atom. The van der Waals surface area contributed by atoms with E-state index in [9.17, 15) is 9.59 Å². The van der Waals surface area contributed by atoms with Crippen LogP contribution >= 0.6 is 0 Å². The highest BCUT2D eigenvalue weighted by Crippen LogP contribution is 2.29. The van der Waals surface area contributed by atoms with Crippen LogP contribution in [0.4, 0.5) is 0 Å². The molecule has 44 heavy (non-hydrogen) atoms. The van der Waals surface area contributed by atoms with Gasteiger partial charge in [-0.2, -0.15) is 0 Å². The molecule has 0 bridgehead atoms. The average Bonchev–Trinajstić information content (AvgIpc) is 3.35. The standard InChI is InChI=1S/C35H35N5O4/c1-26-9-5-6-15-31(26)40-32(28-11-3-2-4-12-28)33(34(41)38-19-17-36-18-20-38)39(35(40)42)25-27-10-7-13-29(23-27)43-21-22-44-30-14-8-16-37-24-30/h2-16,23-24,36H,17-22,25H2,1H3. The normalized spacial score (nSPS) is 13.1. The van der Waals surface area contributed by atoms with Crippen LogP contribution in [0.1, 0.15) is 21.6 Å². The number of hydrogen-bond acceptors (Lipinski definition) is 6. The first-order valence-electron chi connectivity index (χ1n) is 14.8. The van der Waals surface area contributed by atoms with Crippen LogP contribution in [-0.2, 0) is 6.54 Å². The molecule has 1 N–H and O–H groups in total. The maximum Gasteiger partial charge on any atom is 0.334 e. The van der Waals surface area contributed by atoms with Crippen molar-refractivity contribution < 1.29 is 14.3 Å². The first kappa shape index (κ1) is 28.9. The lowest BCUT2D eigenvalue weighted by Gasteiger charge is -2.28. The first-order chi connectivity index (χ1) is 21.6. The Labute approximate surface area is 256 Å². The van der Waals surface area contributed by atoms with E-state index in [0.717, 1.165) is 22.4 Å². The van der Waals surface area contributed by atoms with E-state index in [1.807, 2.05) is 103 Å². The van der Waals surface area contributed by atoms with Crippen molar-refractivity contribution in [2.75, 3.05) is 39.4 Å². The highest BCUT2D eigenvalue weighted by molar-refractivity contribution is 5.99. The number of carbonyl (C=O) groups excluding carboxylic acids is 1. The number of imidazole rings is 1. The zero-order chi connectivity index (χ0) is 30.3. The van der Waals surface area contributed by atoms with E-state index in [-0.39, 0.29) is 18.1 Å². The Balaban J connectivity index is 1.39. The molecule has 3 heterocycles. The summed E-state index contributed by atoms with van der Waals surface area (Å²) in [7, 11) is 0. The molecule has 1 aliphatic heterocycles. The third-order valence-electron chi connectivity index (χ3n) is 7.64. The van der Waals surface area contributed by atoms with Crippen LogP contribution in [0.3, 0.4) is 0 Å². The highest BCUT2D eigenvalue weighted by Gasteiger charge is 2.31. The number of ether oxygens (including phenoxy) is 2. The summed E-state index contributed by atoms with van der Waals surface area (Å²) in [4.78, 5) is 34.7. The monoisotopic (exact) mass is 589 g/mol. The molecular weight excluding hydrogens is 554 g/mol. The highest BCUT2D eigenvalue weighted by atomic mass is 16.5. The van der Waals surface area contributed by atoms with E-state index in [0.29, 0.717) is 62.3 Å². The van der Waals surface area contributed by atoms with Crippen molar-refractivity contribution in [2.24, 2.45) is 0 Å². The minimum absolute atomic E-state index is 0.158. The molecule has 0 aliphatic carbocycles. The second-order valence-electron chi connectivity index (χ2n) is 10.6. The van der Waals surface area contributed by atoms with Crippen LogP contribution in [0.15, 0.2) is 108 Å². The molecule has 2 aromatic heterocycles. The zero-order valence-electron chi connectivity index (χ0n) is 24.7. The minimum Gasteiger partial charge on any atom is -0.490 e. The lowest BCUT2D eigenvalue weighted by molar-refractivity contribution is 0.0725. The Bertz CT molecular complexity index is 1780. The molecule has 6 rings (SSSR count). The summed E-state index contributed by atoms with van der Waals surface area (Å²) in [6, 6.07) is 28.7. The SMILES string of the molecule is Cc1ccccc1-n1c(-c2ccccc2)c(C(=O)N2CCNCC2)n(Cc2cccc(OCCOc3cccnc3)c2)c1=O. The lowest BCUT2D eigenvalue weighted by Crippen LogP contribution is -2.47. The van der Waals surface area contributed by atoms with E-state index < -0.39 is 0 Å². The molecule has 3 aromatic carbocycles. The predicted octanol–water partition coefficient (Wildman–Crippen LogP) is 4.56. The molecule has 0 radical (unpaired) electrons. The van der Waals surface area contributed by atoms with Gasteiger partial charge in [-0.1, -0.05) is 60.7 Å². The van der Waals surface area contributed by atoms with Gasteiger partial charge in [0.1, 0.15) is 30.4 Å². The van der Waals surface area contributed by atoms with Crippen LogP contribution in [-0.4, -0.2) is 64.3 Å². The molecule has 1 aliphatic rings. The number of hydrogen-bond donors (Lipinski definition) is 1. The second kappa shape index (κ2) is 13.4. The van der Waals surface area contributed by atoms with Gasteiger partial charge in [0.25, 0.3) is 5.91 Å². The number of nitrogens with one attached hydrogen (secondary N) is 1. The van der Waals surface area contributed by atoms with E-state index in [1.165, 1.54) is 0 Å². The number of aryl methyl sites for hydroxylation is 1. The van der Waals surface area contributed by atoms with E-state index in [1.54, 1.807) is 21.5 Å². The zero-order valence-corrected chi connectivity index (χ0v) is 24.7. The maximum absolute atomic E-state index is 14.4. The molecule has 0 atom stereocenters. The number of piperazine rings is 1. The molecule has 0 saturated carbocycles. The minimum atomic E-state index is -0.271. The second-order valence-corrected chi connectivity index (χ2v) is 10.6. The number of benzene rings is 3. The Hall–Kier alpha value is -5.15. The molecule has 1 amide bonds. The fourth-order valence-electron chi connectivity index (χ4n) is 5.49. The largest absolute Gasteiger partial charge is 0.490 e. The fraction of sp³-hybridized carbons (Fsp3) is 0.229. The summed E-state index contributed by atoms with van der Waals surface area (Å²) in [5, 5.41) is 3.31. The predicted molar refractivity (Wildman–Crippen MR) is 170 cm³/mol. The number of para-hydroxylation sites is 1. The number of pyridine rings is 1. The van der Waals surface area contributed by atoms with Gasteiger partial charge in [-0.15, -0.1) is 0 Å². The van der Waals surface area contributed by atoms with Crippen molar-refractivity contribution in [3.05, 3.63) is 131 Å². The number of carbonyl (C=O) groups is 1. The van der Waals surface area contributed by atoms with Crippen molar-refractivity contribution in [3.8, 4) is 28.4 Å². The van der Waals surface area contributed by atoms with Gasteiger partial charge in [0.05, 0.1) is 24.1 Å². The van der Waals surface area contributed by atoms with E-state index >= 15 is 0 Å². The third-order valence-corrected chi connectivity index (χ3v) is 7.64. The average molecular weight is 590 g/mol. The first-order valence-corrected chi connectivity index (χ1v) is 14.8. The Morgan fingerprint density at radius 1 is 0.864 bits per heavy atom. The van der Waals surface area contributed by atoms with E-state index in [4.69, 9.17) is 9.47 Å². The molecule has 1 fully saturated rings. The van der Waals surface area contributed by atoms with Gasteiger partial charge in [-0.25, -0.2) is 4.79 Å². The van der Waals surface area contributed by atoms with Crippen LogP contribution in [0.2, 0.25) is 0 Å². The fourth-order valence-corrected chi connectivity index (χ4v) is 5.49. The molecular formula is C35H35N5O4. The third kappa shape index (κ3) is 6.28. The molecule has 9 heteroatoms. The molecule has 5 aromatic rings. The Morgan fingerprint density at radius 3 is 2.34 bits per heavy atom. The van der Waals surface area contributed by atoms with Gasteiger partial charge in [0, 0.05) is 37.9 Å². The number of amides is 1. The van der Waals surface area contributed by atoms with Gasteiger partial charge in [-0.05, 0) is 48.4 Å². The van der Waals surface area contributed by atoms with Gasteiger partial charge >= 0.3 is 5.69 Å². The summed E-state index contributed by atoms with van der Waals surface area (Å²) < 4.78 is 15.0. The van der Waals surface area contributed by atoms with Crippen molar-refractivity contribution in [3.63, 3.8) is 0 Å². The summed E-state index contributed by atoms with van der Waals surface area (Å²) in [5.74, 6) is 1.18. The summed E-state index contributed by atoms with van der Waals surface area (Å²) in [6.07, 6.45) is 3.35. The topological polar surface area (TPSA) is 90.6 Å². The van der Waals surface area contributed by atoms with Crippen LogP contribution in [0.5, 0.6) is 11.5 Å². The molecule has 9 nitrogen and oxygen atoms in total. The van der Waals surface area contributed by atoms with Crippen molar-refractivity contribution in [1.82, 2.24) is 24.3 Å². The summed E-state index contributed by atoms with van der Waals surface area (Å²) >= 11 is 0. The molecule has 0 unspecified atom stereocenters. The molecule has 0 spiro atoms. The summed E-state index contributed by atoms with van der Waals surface area (Å²) in [6.45, 7) is 5.43. The number of rotatable bonds is 10. The van der Waals surface area contributed by atoms with Gasteiger partial charge in [0.2, 0.25) is 0 Å². The van der Waals surface area contributed by atoms with Crippen LogP contribution in [0, 0.1) is 6.92 Å². The van der Waals surface area contributed by atoms with Gasteiger partial charge < -0.3 is 19.7 Å². The van der Waals surface area contributed by atoms with Crippen LogP contribution < -0.4 is 20.5 Å². The number of aromatic nitrogens is 3. The van der Waals surface area contributed by atoms with Crippen LogP contribution in [0.25, 0.3) is 16.9 Å². The summed E-state index contributed by atoms with van der Waals surface area (Å²) in [5.41, 5.74) is 4.03. The van der Waals surface area contributed by atoms with Crippen molar-refractivity contribution >= 4 is 5.91 Å². The lowest BCUT2D eigenvalue weighted by atomic mass is 10.1. The van der Waals surface area contributed by atoms with Gasteiger partial charge in [0.15, 0.2) is 0 Å². The molecule has 1 saturated heterocycles. The Kier molecular flexibility index (Phi) is 8.84. The molecule has 224 valence electrons. The van der Waals surface area contributed by atoms with Crippen molar-refractivity contribution in [1.29, 1.82) is 0 Å². The smallest absolute Gasteiger partial charge is 0.334 e.